The van der Waals surface area contributed by atoms with Crippen LogP contribution in [0.5, 0.6) is 5.75 Å². The molecule has 0 aromatic carbocycles. The van der Waals surface area contributed by atoms with Crippen LogP contribution >= 0.6 is 15.9 Å². The third-order valence-corrected chi connectivity index (χ3v) is 5.02. The smallest absolute Gasteiger partial charge is 0.360 e. The molecule has 3 heterocycles. The number of esters is 2. The lowest BCUT2D eigenvalue weighted by molar-refractivity contribution is -0.143. The van der Waals surface area contributed by atoms with Crippen LogP contribution in [0.1, 0.15) is 31.3 Å². The Labute approximate surface area is 179 Å². The molecular weight excluding hydrogens is 464 g/mol. The van der Waals surface area contributed by atoms with Crippen molar-refractivity contribution in [2.24, 2.45) is 0 Å². The van der Waals surface area contributed by atoms with Gasteiger partial charge in [0.05, 0.1) is 19.3 Å². The quantitative estimate of drug-likeness (QED) is 0.578. The molecule has 0 aliphatic carbocycles. The zero-order chi connectivity index (χ0) is 22.2. The average Bonchev–Trinajstić information content (AvgIpc) is 2.97. The molecule has 11 nitrogen and oxygen atoms in total. The first kappa shape index (κ1) is 22.0. The number of ether oxygens (including phenoxy) is 3. The molecule has 12 heteroatoms. The standard InChI is InChI=1S/C18H21BrN4O7/c1-9-5-21(6-10(2)29-9)13(25)8-22-7-12(19)23-16(26)15(30-11(3)24)14(17(27)28-4)20-18(22)23/h7,9-10H,5-6,8H2,1-4H3/t9-,10-/m0/s1. The molecule has 2 atom stereocenters. The van der Waals surface area contributed by atoms with E-state index in [-0.39, 0.29) is 35.0 Å². The summed E-state index contributed by atoms with van der Waals surface area (Å²) >= 11 is 3.25. The fourth-order valence-electron chi connectivity index (χ4n) is 3.34. The summed E-state index contributed by atoms with van der Waals surface area (Å²) in [4.78, 5) is 55.1. The number of aromatic nitrogens is 3. The van der Waals surface area contributed by atoms with Gasteiger partial charge < -0.3 is 23.7 Å². The maximum absolute atomic E-state index is 12.9. The van der Waals surface area contributed by atoms with E-state index in [0.29, 0.717) is 13.1 Å². The van der Waals surface area contributed by atoms with Gasteiger partial charge in [-0.2, -0.15) is 0 Å². The molecule has 1 fully saturated rings. The van der Waals surface area contributed by atoms with Gasteiger partial charge in [0.2, 0.25) is 23.1 Å². The first-order chi connectivity index (χ1) is 14.1. The monoisotopic (exact) mass is 484 g/mol. The molecule has 1 saturated heterocycles. The number of carbonyl (C=O) groups is 3. The second-order valence-corrected chi connectivity index (χ2v) is 7.76. The molecule has 0 spiro atoms. The topological polar surface area (TPSA) is 121 Å². The van der Waals surface area contributed by atoms with Crippen molar-refractivity contribution in [3.63, 3.8) is 0 Å². The lowest BCUT2D eigenvalue weighted by Gasteiger charge is -2.35. The van der Waals surface area contributed by atoms with Crippen molar-refractivity contribution < 1.29 is 28.6 Å². The van der Waals surface area contributed by atoms with Crippen LogP contribution in [0.3, 0.4) is 0 Å². The summed E-state index contributed by atoms with van der Waals surface area (Å²) in [6.45, 7) is 5.64. The maximum Gasteiger partial charge on any atom is 0.360 e. The van der Waals surface area contributed by atoms with Crippen molar-refractivity contribution in [3.05, 3.63) is 26.8 Å². The molecule has 0 radical (unpaired) electrons. The molecule has 1 amide bonds. The Morgan fingerprint density at radius 1 is 1.27 bits per heavy atom. The van der Waals surface area contributed by atoms with E-state index < -0.39 is 28.9 Å². The van der Waals surface area contributed by atoms with Gasteiger partial charge in [-0.25, -0.2) is 14.2 Å². The van der Waals surface area contributed by atoms with E-state index >= 15 is 0 Å². The number of methoxy groups -OCH3 is 1. The summed E-state index contributed by atoms with van der Waals surface area (Å²) in [5.41, 5.74) is -1.24. The van der Waals surface area contributed by atoms with E-state index in [1.165, 1.54) is 10.8 Å². The third kappa shape index (κ3) is 4.24. The van der Waals surface area contributed by atoms with E-state index in [2.05, 4.69) is 25.7 Å². The van der Waals surface area contributed by atoms with Crippen LogP contribution in [0.15, 0.2) is 15.6 Å². The Kier molecular flexibility index (Phi) is 6.27. The van der Waals surface area contributed by atoms with Crippen LogP contribution in [-0.2, 0) is 25.6 Å². The van der Waals surface area contributed by atoms with Crippen LogP contribution in [0, 0.1) is 0 Å². The lowest BCUT2D eigenvalue weighted by Crippen LogP contribution is -2.49. The van der Waals surface area contributed by atoms with Gasteiger partial charge in [-0.3, -0.25) is 14.4 Å². The second-order valence-electron chi connectivity index (χ2n) is 6.95. The number of carbonyl (C=O) groups excluding carboxylic acids is 3. The minimum absolute atomic E-state index is 0.0193. The Hall–Kier alpha value is -2.73. The highest BCUT2D eigenvalue weighted by Gasteiger charge is 2.28. The van der Waals surface area contributed by atoms with Crippen molar-refractivity contribution in [1.29, 1.82) is 0 Å². The number of halogens is 1. The van der Waals surface area contributed by atoms with Gasteiger partial charge in [-0.15, -0.1) is 0 Å². The lowest BCUT2D eigenvalue weighted by atomic mass is 10.2. The van der Waals surface area contributed by atoms with Crippen molar-refractivity contribution in [3.8, 4) is 5.75 Å². The van der Waals surface area contributed by atoms with Crippen molar-refractivity contribution in [1.82, 2.24) is 18.9 Å². The second kappa shape index (κ2) is 8.56. The van der Waals surface area contributed by atoms with Crippen LogP contribution in [-0.4, -0.2) is 69.1 Å². The highest BCUT2D eigenvalue weighted by molar-refractivity contribution is 9.10. The summed E-state index contributed by atoms with van der Waals surface area (Å²) in [5, 5.41) is 0. The molecule has 2 aromatic rings. The number of morpholine rings is 1. The first-order valence-corrected chi connectivity index (χ1v) is 9.93. The molecule has 0 saturated carbocycles. The molecule has 0 bridgehead atoms. The fourth-order valence-corrected chi connectivity index (χ4v) is 3.90. The molecule has 0 unspecified atom stereocenters. The van der Waals surface area contributed by atoms with Gasteiger partial charge in [0, 0.05) is 26.2 Å². The third-order valence-electron chi connectivity index (χ3n) is 4.46. The van der Waals surface area contributed by atoms with E-state index in [4.69, 9.17) is 9.47 Å². The van der Waals surface area contributed by atoms with Crippen LogP contribution in [0.25, 0.3) is 5.78 Å². The summed E-state index contributed by atoms with van der Waals surface area (Å²) in [6.07, 6.45) is 1.31. The SMILES string of the molecule is COC(=O)c1nc2n(CC(=O)N3C[C@H](C)O[C@@H](C)C3)cc(Br)n2c(=O)c1OC(C)=O. The Morgan fingerprint density at radius 3 is 2.47 bits per heavy atom. The highest BCUT2D eigenvalue weighted by Crippen LogP contribution is 2.20. The molecule has 1 aliphatic rings. The van der Waals surface area contributed by atoms with Crippen LogP contribution in [0.4, 0.5) is 0 Å². The summed E-state index contributed by atoms with van der Waals surface area (Å²) in [6, 6.07) is 0. The molecule has 1 aliphatic heterocycles. The summed E-state index contributed by atoms with van der Waals surface area (Å²) < 4.78 is 18.0. The molecule has 3 rings (SSSR count). The van der Waals surface area contributed by atoms with Gasteiger partial charge in [0.1, 0.15) is 11.1 Å². The minimum Gasteiger partial charge on any atom is -0.464 e. The predicted octanol–water partition coefficient (Wildman–Crippen LogP) is 0.606. The molecule has 30 heavy (non-hydrogen) atoms. The first-order valence-electron chi connectivity index (χ1n) is 9.13. The van der Waals surface area contributed by atoms with Gasteiger partial charge in [0.15, 0.2) is 0 Å². The number of fused-ring (bicyclic) bond motifs is 1. The van der Waals surface area contributed by atoms with E-state index in [1.807, 2.05) is 13.8 Å². The maximum atomic E-state index is 12.9. The summed E-state index contributed by atoms with van der Waals surface area (Å²) in [5.74, 6) is -2.46. The van der Waals surface area contributed by atoms with Crippen molar-refractivity contribution in [2.75, 3.05) is 20.2 Å². The normalized spacial score (nSPS) is 19.0. The largest absolute Gasteiger partial charge is 0.464 e. The Balaban J connectivity index is 2.05. The van der Waals surface area contributed by atoms with E-state index in [9.17, 15) is 19.2 Å². The predicted molar refractivity (Wildman–Crippen MR) is 106 cm³/mol. The summed E-state index contributed by atoms with van der Waals surface area (Å²) in [7, 11) is 1.11. The number of hydrogen-bond acceptors (Lipinski definition) is 8. The number of amides is 1. The van der Waals surface area contributed by atoms with Crippen molar-refractivity contribution >= 4 is 39.6 Å². The number of imidazole rings is 1. The highest BCUT2D eigenvalue weighted by atomic mass is 79.9. The van der Waals surface area contributed by atoms with Crippen LogP contribution < -0.4 is 10.3 Å². The zero-order valence-corrected chi connectivity index (χ0v) is 18.5. The average molecular weight is 485 g/mol. The number of rotatable bonds is 4. The number of nitrogens with zero attached hydrogens (tertiary/aromatic N) is 4. The molecular formula is C18H21BrN4O7. The van der Waals surface area contributed by atoms with Crippen LogP contribution in [0.2, 0.25) is 0 Å². The van der Waals surface area contributed by atoms with E-state index in [0.717, 1.165) is 18.4 Å². The molecule has 2 aromatic heterocycles. The molecule has 162 valence electrons. The van der Waals surface area contributed by atoms with E-state index in [1.54, 1.807) is 4.90 Å². The van der Waals surface area contributed by atoms with Crippen molar-refractivity contribution in [2.45, 2.75) is 39.5 Å². The van der Waals surface area contributed by atoms with Gasteiger partial charge in [-0.1, -0.05) is 0 Å². The van der Waals surface area contributed by atoms with Gasteiger partial charge in [-0.05, 0) is 29.8 Å². The Morgan fingerprint density at radius 2 is 1.90 bits per heavy atom. The number of hydrogen-bond donors (Lipinski definition) is 0. The zero-order valence-electron chi connectivity index (χ0n) is 16.9. The van der Waals surface area contributed by atoms with Gasteiger partial charge in [0.25, 0.3) is 0 Å². The fraction of sp³-hybridized carbons (Fsp3) is 0.500. The van der Waals surface area contributed by atoms with Gasteiger partial charge >= 0.3 is 17.5 Å². The Bertz CT molecular complexity index is 1070. The molecule has 0 N–H and O–H groups in total. The minimum atomic E-state index is -0.947.